The fourth-order valence-electron chi connectivity index (χ4n) is 2.74. The van der Waals surface area contributed by atoms with Crippen LogP contribution in [0, 0.1) is 0 Å². The molecule has 1 unspecified atom stereocenters. The average molecular weight is 424 g/mol. The third-order valence-electron chi connectivity index (χ3n) is 4.32. The summed E-state index contributed by atoms with van der Waals surface area (Å²) < 4.78 is 26.9. The van der Waals surface area contributed by atoms with Gasteiger partial charge in [0.05, 0.1) is 20.8 Å². The van der Waals surface area contributed by atoms with Crippen LogP contribution in [0.15, 0.2) is 53.0 Å². The molecule has 8 heteroatoms. The zero-order valence-corrected chi connectivity index (χ0v) is 17.8. The van der Waals surface area contributed by atoms with Crippen LogP contribution < -0.4 is 14.2 Å². The van der Waals surface area contributed by atoms with Gasteiger partial charge in [-0.25, -0.2) is 4.79 Å². The summed E-state index contributed by atoms with van der Waals surface area (Å²) in [5.41, 5.74) is 1.51. The normalized spacial score (nSPS) is 11.9. The maximum absolute atomic E-state index is 12.2. The van der Waals surface area contributed by atoms with Crippen LogP contribution in [0.3, 0.4) is 0 Å². The first-order chi connectivity index (χ1) is 15.0. The van der Waals surface area contributed by atoms with E-state index in [1.54, 1.807) is 63.6 Å². The molecule has 1 heterocycles. The summed E-state index contributed by atoms with van der Waals surface area (Å²) >= 11 is 0. The number of carbonyl (C=O) groups is 1. The van der Waals surface area contributed by atoms with Crippen molar-refractivity contribution >= 4 is 12.0 Å². The minimum Gasteiger partial charge on any atom is -0.497 e. The molecule has 31 heavy (non-hydrogen) atoms. The molecule has 0 aliphatic heterocycles. The number of nitrogens with zero attached hydrogens (tertiary/aromatic N) is 2. The molecule has 0 radical (unpaired) electrons. The van der Waals surface area contributed by atoms with Crippen molar-refractivity contribution in [3.05, 3.63) is 60.0 Å². The molecule has 0 aliphatic carbocycles. The van der Waals surface area contributed by atoms with E-state index in [2.05, 4.69) is 10.2 Å². The lowest BCUT2D eigenvalue weighted by molar-refractivity contribution is -0.143. The van der Waals surface area contributed by atoms with Gasteiger partial charge in [-0.15, -0.1) is 10.2 Å². The highest BCUT2D eigenvalue weighted by atomic mass is 16.6. The predicted octanol–water partition coefficient (Wildman–Crippen LogP) is 4.47. The van der Waals surface area contributed by atoms with Gasteiger partial charge in [-0.2, -0.15) is 0 Å². The number of benzene rings is 2. The van der Waals surface area contributed by atoms with Gasteiger partial charge >= 0.3 is 5.97 Å². The van der Waals surface area contributed by atoms with Gasteiger partial charge in [0.2, 0.25) is 5.89 Å². The topological polar surface area (TPSA) is 92.9 Å². The predicted molar refractivity (Wildman–Crippen MR) is 114 cm³/mol. The van der Waals surface area contributed by atoms with Gasteiger partial charge in [-0.05, 0) is 61.9 Å². The summed E-state index contributed by atoms with van der Waals surface area (Å²) in [6.45, 7) is 4.09. The highest BCUT2D eigenvalue weighted by Crippen LogP contribution is 2.29. The maximum Gasteiger partial charge on any atom is 0.331 e. The number of hydrogen-bond donors (Lipinski definition) is 0. The number of carbonyl (C=O) groups excluding carboxylic acids is 1. The molecule has 3 rings (SSSR count). The van der Waals surface area contributed by atoms with Gasteiger partial charge in [0.1, 0.15) is 5.75 Å². The third-order valence-corrected chi connectivity index (χ3v) is 4.32. The second-order valence-corrected chi connectivity index (χ2v) is 6.43. The summed E-state index contributed by atoms with van der Waals surface area (Å²) in [7, 11) is 3.16. The van der Waals surface area contributed by atoms with E-state index in [0.717, 1.165) is 16.9 Å². The second kappa shape index (κ2) is 10.3. The summed E-state index contributed by atoms with van der Waals surface area (Å²) in [6, 6.07) is 12.6. The van der Waals surface area contributed by atoms with E-state index in [4.69, 9.17) is 23.4 Å². The van der Waals surface area contributed by atoms with Crippen LogP contribution in [0.5, 0.6) is 17.2 Å². The SMILES string of the molecule is CCOc1ccc(/C=C/C(=O)OC(C)c2nnc(-c3ccc(OC)cc3)o2)cc1OC. The summed E-state index contributed by atoms with van der Waals surface area (Å²) in [5, 5.41) is 7.99. The number of esters is 1. The van der Waals surface area contributed by atoms with Crippen molar-refractivity contribution in [2.75, 3.05) is 20.8 Å². The van der Waals surface area contributed by atoms with E-state index in [9.17, 15) is 4.79 Å². The smallest absolute Gasteiger partial charge is 0.331 e. The molecule has 0 bridgehead atoms. The first-order valence-electron chi connectivity index (χ1n) is 9.71. The molecule has 1 aromatic heterocycles. The fourth-order valence-corrected chi connectivity index (χ4v) is 2.74. The Bertz CT molecular complexity index is 1040. The Balaban J connectivity index is 1.62. The lowest BCUT2D eigenvalue weighted by atomic mass is 10.2. The largest absolute Gasteiger partial charge is 0.497 e. The van der Waals surface area contributed by atoms with Gasteiger partial charge in [0, 0.05) is 11.6 Å². The van der Waals surface area contributed by atoms with E-state index < -0.39 is 12.1 Å². The van der Waals surface area contributed by atoms with E-state index in [0.29, 0.717) is 24.0 Å². The molecule has 1 atom stereocenters. The molecule has 0 saturated heterocycles. The number of aromatic nitrogens is 2. The standard InChI is InChI=1S/C23H24N2O6/c1-5-29-19-12-6-16(14-20(19)28-4)7-13-21(26)30-15(2)22-24-25-23(31-22)17-8-10-18(27-3)11-9-17/h6-15H,5H2,1-4H3/b13-7+. The molecule has 0 aliphatic rings. The van der Waals surface area contributed by atoms with Gasteiger partial charge in [-0.1, -0.05) is 6.07 Å². The Morgan fingerprint density at radius 3 is 2.52 bits per heavy atom. The molecule has 2 aromatic carbocycles. The van der Waals surface area contributed by atoms with Crippen molar-refractivity contribution < 1.29 is 28.2 Å². The molecule has 0 N–H and O–H groups in total. The molecule has 0 fully saturated rings. The van der Waals surface area contributed by atoms with Gasteiger partial charge in [-0.3, -0.25) is 0 Å². The molecule has 0 saturated carbocycles. The van der Waals surface area contributed by atoms with Crippen LogP contribution in [-0.2, 0) is 9.53 Å². The Morgan fingerprint density at radius 1 is 1.06 bits per heavy atom. The Kier molecular flexibility index (Phi) is 7.26. The Labute approximate surface area is 180 Å². The quantitative estimate of drug-likeness (QED) is 0.367. The summed E-state index contributed by atoms with van der Waals surface area (Å²) in [6.07, 6.45) is 2.25. The van der Waals surface area contributed by atoms with E-state index in [-0.39, 0.29) is 5.89 Å². The molecule has 162 valence electrons. The zero-order chi connectivity index (χ0) is 22.2. The van der Waals surface area contributed by atoms with Crippen LogP contribution in [0.2, 0.25) is 0 Å². The van der Waals surface area contributed by atoms with Crippen LogP contribution in [-0.4, -0.2) is 37.0 Å². The van der Waals surface area contributed by atoms with Crippen molar-refractivity contribution in [3.8, 4) is 28.7 Å². The number of ether oxygens (including phenoxy) is 4. The van der Waals surface area contributed by atoms with Gasteiger partial charge in [0.25, 0.3) is 5.89 Å². The number of hydrogen-bond acceptors (Lipinski definition) is 8. The molecule has 3 aromatic rings. The lowest BCUT2D eigenvalue weighted by Gasteiger charge is -2.09. The van der Waals surface area contributed by atoms with Crippen molar-refractivity contribution in [2.45, 2.75) is 20.0 Å². The molecule has 0 spiro atoms. The van der Waals surface area contributed by atoms with E-state index >= 15 is 0 Å². The van der Waals surface area contributed by atoms with Crippen LogP contribution in [0.25, 0.3) is 17.5 Å². The average Bonchev–Trinajstić information content (AvgIpc) is 3.29. The molecular weight excluding hydrogens is 400 g/mol. The van der Waals surface area contributed by atoms with Gasteiger partial charge in [0.15, 0.2) is 17.6 Å². The first-order valence-corrected chi connectivity index (χ1v) is 9.71. The lowest BCUT2D eigenvalue weighted by Crippen LogP contribution is -2.06. The highest BCUT2D eigenvalue weighted by molar-refractivity contribution is 5.87. The zero-order valence-electron chi connectivity index (χ0n) is 17.8. The fraction of sp³-hybridized carbons (Fsp3) is 0.261. The van der Waals surface area contributed by atoms with Crippen molar-refractivity contribution in [2.24, 2.45) is 0 Å². The number of methoxy groups -OCH3 is 2. The van der Waals surface area contributed by atoms with Gasteiger partial charge < -0.3 is 23.4 Å². The molecule has 0 amide bonds. The van der Waals surface area contributed by atoms with Crippen molar-refractivity contribution in [1.82, 2.24) is 10.2 Å². The van der Waals surface area contributed by atoms with Crippen molar-refractivity contribution in [3.63, 3.8) is 0 Å². The second-order valence-electron chi connectivity index (χ2n) is 6.43. The summed E-state index contributed by atoms with van der Waals surface area (Å²) in [5.74, 6) is 1.95. The van der Waals surface area contributed by atoms with Crippen LogP contribution in [0.4, 0.5) is 0 Å². The third kappa shape index (κ3) is 5.63. The Morgan fingerprint density at radius 2 is 1.84 bits per heavy atom. The number of rotatable bonds is 9. The van der Waals surface area contributed by atoms with Crippen molar-refractivity contribution in [1.29, 1.82) is 0 Å². The highest BCUT2D eigenvalue weighted by Gasteiger charge is 2.18. The van der Waals surface area contributed by atoms with Crippen LogP contribution >= 0.6 is 0 Å². The minimum absolute atomic E-state index is 0.204. The first kappa shape index (κ1) is 21.9. The molecule has 8 nitrogen and oxygen atoms in total. The molecular formula is C23H24N2O6. The van der Waals surface area contributed by atoms with Crippen LogP contribution in [0.1, 0.15) is 31.4 Å². The Hall–Kier alpha value is -3.81. The van der Waals surface area contributed by atoms with E-state index in [1.807, 2.05) is 13.0 Å². The monoisotopic (exact) mass is 424 g/mol. The minimum atomic E-state index is -0.702. The maximum atomic E-state index is 12.2. The summed E-state index contributed by atoms with van der Waals surface area (Å²) in [4.78, 5) is 12.2. The van der Waals surface area contributed by atoms with E-state index in [1.165, 1.54) is 6.08 Å².